The standard InChI is InChI=1S/C44H75N3O19.ClH/c1-6-7-14-18-33(63-39(57)24-47(4,5)20-21-60-29(3)51)31(52)17-15-12-10-8-9-11-13-16-19-37(55)61-27-62-38(56)23-36(54)46-40-41(58)42(35(26-49)64-43(40)59)66-44-30(45-28(2)50)22-32(53)34(25-48)65-44;/h12,15,30-35,40-44,48-49,52-53,58-59H,6-11,13-14,16-27H2,1-5H3,(H-,45,46,50,54);1H/p+1/b15-12-;/t30?,31?,32-,33?,34?,35?,40?,41+,42+,43+,44-;/m1./s1. The minimum Gasteiger partial charge on any atom is -0.460 e. The van der Waals surface area contributed by atoms with Gasteiger partial charge in [0.05, 0.1) is 45.6 Å². The third-order valence-corrected chi connectivity index (χ3v) is 11.0. The summed E-state index contributed by atoms with van der Waals surface area (Å²) in [6.45, 7) is 3.24. The van der Waals surface area contributed by atoms with Crippen LogP contribution >= 0.6 is 12.4 Å². The van der Waals surface area contributed by atoms with Crippen LogP contribution in [0.15, 0.2) is 12.2 Å². The number of esters is 4. The lowest BCUT2D eigenvalue weighted by Gasteiger charge is -2.46. The molecule has 2 aliphatic heterocycles. The Morgan fingerprint density at radius 2 is 1.49 bits per heavy atom. The number of hydrogen-bond acceptors (Lipinski definition) is 19. The number of halogens is 1. The predicted molar refractivity (Wildman–Crippen MR) is 238 cm³/mol. The lowest BCUT2D eigenvalue weighted by molar-refractivity contribution is -0.883. The van der Waals surface area contributed by atoms with Gasteiger partial charge in [0.1, 0.15) is 56.1 Å². The second kappa shape index (κ2) is 33.1. The van der Waals surface area contributed by atoms with E-state index >= 15 is 0 Å². The van der Waals surface area contributed by atoms with Gasteiger partial charge in [-0.05, 0) is 38.5 Å². The van der Waals surface area contributed by atoms with Crippen molar-refractivity contribution >= 4 is 48.1 Å². The molecule has 2 fully saturated rings. The molecule has 6 unspecified atom stereocenters. The number of ether oxygens (including phenoxy) is 7. The number of rotatable bonds is 31. The van der Waals surface area contributed by atoms with Crippen LogP contribution in [0.1, 0.15) is 111 Å². The molecule has 0 aromatic rings. The molecule has 67 heavy (non-hydrogen) atoms. The summed E-state index contributed by atoms with van der Waals surface area (Å²) in [7, 11) is 3.69. The predicted octanol–water partition coefficient (Wildman–Crippen LogP) is -0.0750. The van der Waals surface area contributed by atoms with Gasteiger partial charge in [-0.1, -0.05) is 51.2 Å². The number of unbranched alkanes of at least 4 members (excludes halogenated alkanes) is 7. The summed E-state index contributed by atoms with van der Waals surface area (Å²) in [5.41, 5.74) is 0. The van der Waals surface area contributed by atoms with Gasteiger partial charge in [0.2, 0.25) is 18.6 Å². The van der Waals surface area contributed by atoms with Gasteiger partial charge in [0.15, 0.2) is 19.1 Å². The summed E-state index contributed by atoms with van der Waals surface area (Å²) in [6, 6.07) is -2.53. The van der Waals surface area contributed by atoms with E-state index in [1.165, 1.54) is 13.8 Å². The van der Waals surface area contributed by atoms with E-state index in [1.54, 1.807) is 0 Å². The number of nitrogens with one attached hydrogen (secondary N) is 2. The summed E-state index contributed by atoms with van der Waals surface area (Å²) in [6.07, 6.45) is -0.130. The van der Waals surface area contributed by atoms with Crippen molar-refractivity contribution in [1.29, 1.82) is 0 Å². The zero-order valence-electron chi connectivity index (χ0n) is 39.5. The third kappa shape index (κ3) is 24.5. The minimum absolute atomic E-state index is 0. The number of hydrogen-bond donors (Lipinski definition) is 8. The number of quaternary nitrogens is 1. The second-order valence-corrected chi connectivity index (χ2v) is 17.4. The highest BCUT2D eigenvalue weighted by Crippen LogP contribution is 2.29. The summed E-state index contributed by atoms with van der Waals surface area (Å²) >= 11 is 0. The van der Waals surface area contributed by atoms with Gasteiger partial charge >= 0.3 is 23.9 Å². The first-order chi connectivity index (χ1) is 31.3. The SMILES string of the molecule is CCCCCC(OC(=O)C[N+](C)(C)CCOC(C)=O)C(O)C/C=C\CCCCCCCC(=O)OCOC(=O)CC(=O)NC1[C@@H](O)OC(CO)[C@H](O[C@H]2OC(CO)[C@H](O)CC2NC(C)=O)[C@H]1O.Cl. The van der Waals surface area contributed by atoms with Gasteiger partial charge in [-0.2, -0.15) is 0 Å². The lowest BCUT2D eigenvalue weighted by atomic mass is 9.95. The molecular weight excluding hydrogens is 910 g/mol. The number of likely N-dealkylation sites (N-methyl/N-ethyl adjacent to an activating group) is 1. The van der Waals surface area contributed by atoms with Crippen LogP contribution in [0, 0.1) is 0 Å². The lowest BCUT2D eigenvalue weighted by Crippen LogP contribution is -2.67. The smallest absolute Gasteiger partial charge is 0.362 e. The van der Waals surface area contributed by atoms with E-state index < -0.39 is 124 Å². The molecule has 388 valence electrons. The molecule has 0 saturated carbocycles. The molecule has 0 bridgehead atoms. The van der Waals surface area contributed by atoms with Gasteiger partial charge in [-0.25, -0.2) is 4.79 Å². The first-order valence-electron chi connectivity index (χ1n) is 22.9. The summed E-state index contributed by atoms with van der Waals surface area (Å²) in [4.78, 5) is 72.8. The van der Waals surface area contributed by atoms with Crippen LogP contribution in [0.2, 0.25) is 0 Å². The number of nitrogens with zero attached hydrogens (tertiary/aromatic N) is 1. The fourth-order valence-electron chi connectivity index (χ4n) is 7.34. The van der Waals surface area contributed by atoms with Crippen molar-refractivity contribution < 1.29 is 97.0 Å². The number of carbonyl (C=O) groups is 6. The number of aliphatic hydroxyl groups is 6. The van der Waals surface area contributed by atoms with Gasteiger partial charge in [-0.15, -0.1) is 12.4 Å². The molecule has 0 aliphatic carbocycles. The van der Waals surface area contributed by atoms with E-state index in [1.807, 2.05) is 26.2 Å². The minimum atomic E-state index is -1.86. The fourth-order valence-corrected chi connectivity index (χ4v) is 7.34. The Balaban J connectivity index is 0.0000224. The number of aliphatic hydroxyl groups excluding tert-OH is 6. The maximum Gasteiger partial charge on any atom is 0.362 e. The maximum absolute atomic E-state index is 12.8. The second-order valence-electron chi connectivity index (χ2n) is 17.4. The van der Waals surface area contributed by atoms with Crippen molar-refractivity contribution in [3.63, 3.8) is 0 Å². The molecule has 0 radical (unpaired) electrons. The monoisotopic (exact) mass is 986 g/mol. The van der Waals surface area contributed by atoms with Crippen LogP contribution in [0.3, 0.4) is 0 Å². The topological polar surface area (TPSA) is 312 Å². The Labute approximate surface area is 398 Å². The summed E-state index contributed by atoms with van der Waals surface area (Å²) in [5.74, 6) is -3.98. The molecule has 8 N–H and O–H groups in total. The molecule has 2 aliphatic rings. The Bertz CT molecular complexity index is 1520. The number of amides is 2. The van der Waals surface area contributed by atoms with Crippen molar-refractivity contribution in [2.45, 2.75) is 178 Å². The molecule has 2 rings (SSSR count). The molecular formula is C44H77ClN3O19+. The Hall–Kier alpha value is -3.55. The van der Waals surface area contributed by atoms with Gasteiger partial charge in [-0.3, -0.25) is 24.0 Å². The third-order valence-electron chi connectivity index (χ3n) is 11.0. The molecule has 2 amide bonds. The van der Waals surface area contributed by atoms with Crippen molar-refractivity contribution in [3.8, 4) is 0 Å². The van der Waals surface area contributed by atoms with Crippen LogP contribution in [0.4, 0.5) is 0 Å². The summed E-state index contributed by atoms with van der Waals surface area (Å²) < 4.78 is 37.6. The maximum atomic E-state index is 12.8. The number of carbonyl (C=O) groups excluding carboxylic acids is 6. The van der Waals surface area contributed by atoms with Gasteiger partial charge in [0.25, 0.3) is 0 Å². The molecule has 2 heterocycles. The molecule has 0 aromatic carbocycles. The Morgan fingerprint density at radius 1 is 0.821 bits per heavy atom. The van der Waals surface area contributed by atoms with Gasteiger partial charge < -0.3 is 78.9 Å². The van der Waals surface area contributed by atoms with E-state index in [2.05, 4.69) is 17.6 Å². The average Bonchev–Trinajstić information content (AvgIpc) is 3.23. The highest BCUT2D eigenvalue weighted by Gasteiger charge is 2.49. The Morgan fingerprint density at radius 3 is 2.15 bits per heavy atom. The highest BCUT2D eigenvalue weighted by molar-refractivity contribution is 5.94. The van der Waals surface area contributed by atoms with Gasteiger partial charge in [0, 0.05) is 26.7 Å². The largest absolute Gasteiger partial charge is 0.460 e. The van der Waals surface area contributed by atoms with E-state index in [0.29, 0.717) is 25.8 Å². The quantitative estimate of drug-likeness (QED) is 0.00857. The van der Waals surface area contributed by atoms with Crippen molar-refractivity contribution in [3.05, 3.63) is 12.2 Å². The van der Waals surface area contributed by atoms with E-state index in [0.717, 1.165) is 51.4 Å². The Kier molecular flexibility index (Phi) is 30.3. The van der Waals surface area contributed by atoms with E-state index in [9.17, 15) is 59.4 Å². The van der Waals surface area contributed by atoms with Crippen molar-refractivity contribution in [1.82, 2.24) is 10.6 Å². The summed E-state index contributed by atoms with van der Waals surface area (Å²) in [5, 5.41) is 67.0. The number of allylic oxidation sites excluding steroid dienone is 1. The van der Waals surface area contributed by atoms with E-state index in [-0.39, 0.29) is 48.9 Å². The normalized spacial score (nSPS) is 25.0. The van der Waals surface area contributed by atoms with Crippen LogP contribution in [0.5, 0.6) is 0 Å². The van der Waals surface area contributed by atoms with E-state index in [4.69, 9.17) is 33.2 Å². The van der Waals surface area contributed by atoms with Crippen LogP contribution in [-0.4, -0.2) is 192 Å². The first kappa shape index (κ1) is 61.5. The van der Waals surface area contributed by atoms with Crippen molar-refractivity contribution in [2.75, 3.05) is 53.8 Å². The van der Waals surface area contributed by atoms with Crippen LogP contribution < -0.4 is 10.6 Å². The average molecular weight is 988 g/mol. The molecule has 0 aromatic heterocycles. The molecule has 11 atom stereocenters. The van der Waals surface area contributed by atoms with Crippen LogP contribution in [-0.2, 0) is 61.9 Å². The molecule has 0 spiro atoms. The zero-order valence-corrected chi connectivity index (χ0v) is 40.3. The molecule has 23 heteroatoms. The highest BCUT2D eigenvalue weighted by atomic mass is 35.5. The zero-order chi connectivity index (χ0) is 49.2. The van der Waals surface area contributed by atoms with Crippen molar-refractivity contribution in [2.24, 2.45) is 0 Å². The fraction of sp³-hybridized carbons (Fsp3) is 0.818. The van der Waals surface area contributed by atoms with Crippen LogP contribution in [0.25, 0.3) is 0 Å². The molecule has 2 saturated heterocycles. The first-order valence-corrected chi connectivity index (χ1v) is 22.9. The molecule has 22 nitrogen and oxygen atoms in total.